The van der Waals surface area contributed by atoms with Crippen LogP contribution in [0.2, 0.25) is 0 Å². The maximum atomic E-state index is 1.62. The molecule has 0 N–H and O–H groups in total. The molecule has 62 valence electrons. The van der Waals surface area contributed by atoms with Gasteiger partial charge in [-0.3, -0.25) is 0 Å². The molecule has 0 aliphatic heterocycles. The largest absolute Gasteiger partial charge is 0.0528 e. The molecule has 0 saturated heterocycles. The van der Waals surface area contributed by atoms with Crippen molar-refractivity contribution in [1.82, 2.24) is 0 Å². The van der Waals surface area contributed by atoms with E-state index in [-0.39, 0.29) is 0 Å². The van der Waals surface area contributed by atoms with Crippen molar-refractivity contribution in [1.29, 1.82) is 0 Å². The van der Waals surface area contributed by atoms with Crippen LogP contribution >= 0.6 is 0 Å². The lowest BCUT2D eigenvalue weighted by Gasteiger charge is -2.46. The summed E-state index contributed by atoms with van der Waals surface area (Å²) in [4.78, 5) is 0. The minimum Gasteiger partial charge on any atom is -0.0528 e. The molecule has 0 bridgehead atoms. The quantitative estimate of drug-likeness (QED) is 0.497. The fourth-order valence-corrected chi connectivity index (χ4v) is 3.77. The first-order chi connectivity index (χ1) is 5.43. The van der Waals surface area contributed by atoms with E-state index in [9.17, 15) is 0 Å². The monoisotopic (exact) mass is 150 g/mol. The Morgan fingerprint density at radius 3 is 1.45 bits per heavy atom. The first-order valence-electron chi connectivity index (χ1n) is 5.43. The molecule has 0 aromatic carbocycles. The second-order valence-corrected chi connectivity index (χ2v) is 5.02. The second kappa shape index (κ2) is 2.24. The van der Waals surface area contributed by atoms with Crippen LogP contribution in [-0.2, 0) is 0 Å². The minimum atomic E-state index is 1.18. The van der Waals surface area contributed by atoms with E-state index in [1.165, 1.54) is 23.7 Å². The van der Waals surface area contributed by atoms with E-state index in [2.05, 4.69) is 0 Å². The summed E-state index contributed by atoms with van der Waals surface area (Å²) in [6, 6.07) is 0. The summed E-state index contributed by atoms with van der Waals surface area (Å²) >= 11 is 0. The average Bonchev–Trinajstić information content (AvgIpc) is 2.40. The van der Waals surface area contributed by atoms with Crippen molar-refractivity contribution in [2.75, 3.05) is 0 Å². The molecule has 3 fully saturated rings. The molecule has 4 atom stereocenters. The van der Waals surface area contributed by atoms with Crippen molar-refractivity contribution < 1.29 is 0 Å². The smallest absolute Gasteiger partial charge is 0.0383 e. The van der Waals surface area contributed by atoms with E-state index in [4.69, 9.17) is 0 Å². The van der Waals surface area contributed by atoms with Crippen molar-refractivity contribution in [3.63, 3.8) is 0 Å². The van der Waals surface area contributed by atoms with Crippen molar-refractivity contribution in [3.05, 3.63) is 0 Å². The Morgan fingerprint density at radius 2 is 1.00 bits per heavy atom. The minimum absolute atomic E-state index is 1.18. The third-order valence-electron chi connectivity index (χ3n) is 4.60. The van der Waals surface area contributed by atoms with Crippen LogP contribution < -0.4 is 0 Å². The topological polar surface area (TPSA) is 0 Å². The second-order valence-electron chi connectivity index (χ2n) is 5.02. The molecule has 0 heterocycles. The van der Waals surface area contributed by atoms with Crippen molar-refractivity contribution in [2.24, 2.45) is 23.7 Å². The van der Waals surface area contributed by atoms with Gasteiger partial charge in [0.2, 0.25) is 0 Å². The van der Waals surface area contributed by atoms with Crippen molar-refractivity contribution in [2.45, 2.75) is 44.9 Å². The first-order valence-corrected chi connectivity index (χ1v) is 5.43. The van der Waals surface area contributed by atoms with Crippen LogP contribution in [0.3, 0.4) is 0 Å². The summed E-state index contributed by atoms with van der Waals surface area (Å²) in [6.45, 7) is 0. The summed E-state index contributed by atoms with van der Waals surface area (Å²) < 4.78 is 0. The zero-order valence-corrected chi connectivity index (χ0v) is 7.26. The zero-order valence-electron chi connectivity index (χ0n) is 7.26. The predicted octanol–water partition coefficient (Wildman–Crippen LogP) is 3.22. The first kappa shape index (κ1) is 6.51. The summed E-state index contributed by atoms with van der Waals surface area (Å²) in [5.41, 5.74) is 0. The molecule has 3 saturated carbocycles. The molecular weight excluding hydrogens is 132 g/mol. The molecule has 0 spiro atoms. The predicted molar refractivity (Wildman–Crippen MR) is 46.3 cm³/mol. The Morgan fingerprint density at radius 1 is 0.545 bits per heavy atom. The lowest BCUT2D eigenvalue weighted by molar-refractivity contribution is 0.0492. The average molecular weight is 150 g/mol. The van der Waals surface area contributed by atoms with Crippen LogP contribution in [0.25, 0.3) is 0 Å². The van der Waals surface area contributed by atoms with E-state index in [0.717, 1.165) is 0 Å². The number of rotatable bonds is 0. The fourth-order valence-electron chi connectivity index (χ4n) is 3.77. The molecule has 0 radical (unpaired) electrons. The third-order valence-corrected chi connectivity index (χ3v) is 4.60. The Kier molecular flexibility index (Phi) is 1.33. The Labute approximate surface area is 69.4 Å². The molecule has 0 nitrogen and oxygen atoms in total. The highest BCUT2D eigenvalue weighted by Crippen LogP contribution is 2.53. The van der Waals surface area contributed by atoms with E-state index in [1.54, 1.807) is 44.9 Å². The van der Waals surface area contributed by atoms with Crippen LogP contribution in [0.4, 0.5) is 0 Å². The van der Waals surface area contributed by atoms with Gasteiger partial charge in [0.25, 0.3) is 0 Å². The lowest BCUT2D eigenvalue weighted by atomic mass is 9.60. The molecule has 0 amide bonds. The normalized spacial score (nSPS) is 54.5. The molecule has 0 aromatic heterocycles. The van der Waals surface area contributed by atoms with Crippen LogP contribution in [0.5, 0.6) is 0 Å². The van der Waals surface area contributed by atoms with Gasteiger partial charge in [-0.15, -0.1) is 0 Å². The Balaban J connectivity index is 1.74. The fraction of sp³-hybridized carbons (Fsp3) is 1.00. The van der Waals surface area contributed by atoms with E-state index in [0.29, 0.717) is 0 Å². The van der Waals surface area contributed by atoms with Gasteiger partial charge in [0.1, 0.15) is 0 Å². The van der Waals surface area contributed by atoms with Crippen LogP contribution in [-0.4, -0.2) is 0 Å². The molecule has 3 aliphatic carbocycles. The molecule has 11 heavy (non-hydrogen) atoms. The van der Waals surface area contributed by atoms with Gasteiger partial charge in [-0.25, -0.2) is 0 Å². The van der Waals surface area contributed by atoms with E-state index < -0.39 is 0 Å². The highest BCUT2D eigenvalue weighted by Gasteiger charge is 2.42. The summed E-state index contributed by atoms with van der Waals surface area (Å²) in [7, 11) is 0. The van der Waals surface area contributed by atoms with Gasteiger partial charge < -0.3 is 0 Å². The van der Waals surface area contributed by atoms with Gasteiger partial charge in [0.15, 0.2) is 0 Å². The van der Waals surface area contributed by atoms with Crippen LogP contribution in [0.15, 0.2) is 0 Å². The standard InChI is InChI=1S/C11H18/c1-2-8-6-10-4-5-11(10)7-9(8)3-1/h8-11H,1-7H2. The van der Waals surface area contributed by atoms with Gasteiger partial charge in [0, 0.05) is 0 Å². The summed E-state index contributed by atoms with van der Waals surface area (Å²) in [5.74, 6) is 4.73. The SMILES string of the molecule is C1CC2CC3CCC3CC2C1. The highest BCUT2D eigenvalue weighted by atomic mass is 14.5. The molecular formula is C11H18. The van der Waals surface area contributed by atoms with Gasteiger partial charge in [-0.2, -0.15) is 0 Å². The van der Waals surface area contributed by atoms with Gasteiger partial charge >= 0.3 is 0 Å². The Bertz CT molecular complexity index is 143. The third kappa shape index (κ3) is 0.878. The zero-order chi connectivity index (χ0) is 7.26. The Hall–Kier alpha value is 0. The van der Waals surface area contributed by atoms with E-state index in [1.807, 2.05) is 0 Å². The van der Waals surface area contributed by atoms with Gasteiger partial charge in [-0.05, 0) is 49.4 Å². The number of fused-ring (bicyclic) bond motifs is 2. The van der Waals surface area contributed by atoms with Crippen LogP contribution in [0.1, 0.15) is 44.9 Å². The number of hydrogen-bond acceptors (Lipinski definition) is 0. The maximum Gasteiger partial charge on any atom is -0.0383 e. The van der Waals surface area contributed by atoms with E-state index >= 15 is 0 Å². The van der Waals surface area contributed by atoms with Crippen LogP contribution in [0, 0.1) is 23.7 Å². The van der Waals surface area contributed by atoms with Crippen molar-refractivity contribution in [3.8, 4) is 0 Å². The molecule has 4 unspecified atom stereocenters. The maximum absolute atomic E-state index is 1.62. The lowest BCUT2D eigenvalue weighted by Crippen LogP contribution is -2.35. The van der Waals surface area contributed by atoms with Gasteiger partial charge in [0.05, 0.1) is 0 Å². The highest BCUT2D eigenvalue weighted by molar-refractivity contribution is 4.93. The molecule has 3 aliphatic rings. The van der Waals surface area contributed by atoms with Crippen molar-refractivity contribution >= 4 is 0 Å². The summed E-state index contributed by atoms with van der Waals surface area (Å²) in [6.07, 6.45) is 11.1. The summed E-state index contributed by atoms with van der Waals surface area (Å²) in [5, 5.41) is 0. The van der Waals surface area contributed by atoms with Gasteiger partial charge in [-0.1, -0.05) is 19.3 Å². The number of hydrogen-bond donors (Lipinski definition) is 0. The molecule has 0 aromatic rings. The molecule has 0 heteroatoms. The molecule has 3 rings (SSSR count).